The molecular formula is C10H11BrN2O4. The fourth-order valence-electron chi connectivity index (χ4n) is 1.12. The highest BCUT2D eigenvalue weighted by Gasteiger charge is 2.20. The van der Waals surface area contributed by atoms with E-state index < -0.39 is 17.9 Å². The van der Waals surface area contributed by atoms with Crippen LogP contribution in [0.5, 0.6) is 0 Å². The molecular weight excluding hydrogens is 292 g/mol. The zero-order valence-corrected chi connectivity index (χ0v) is 10.6. The SMILES string of the molecule is COCC(NC(=O)c1cncc(Br)c1)C(=O)O. The van der Waals surface area contributed by atoms with Gasteiger partial charge in [0, 0.05) is 24.0 Å². The average Bonchev–Trinajstić information content (AvgIpc) is 2.28. The van der Waals surface area contributed by atoms with Gasteiger partial charge in [-0.1, -0.05) is 0 Å². The number of methoxy groups -OCH3 is 1. The van der Waals surface area contributed by atoms with Crippen molar-refractivity contribution in [1.82, 2.24) is 10.3 Å². The minimum atomic E-state index is -1.15. The van der Waals surface area contributed by atoms with Gasteiger partial charge in [0.05, 0.1) is 12.2 Å². The maximum Gasteiger partial charge on any atom is 0.328 e. The number of rotatable bonds is 5. The number of amides is 1. The number of pyridine rings is 1. The van der Waals surface area contributed by atoms with Crippen molar-refractivity contribution in [3.63, 3.8) is 0 Å². The van der Waals surface area contributed by atoms with Crippen LogP contribution >= 0.6 is 15.9 Å². The molecule has 92 valence electrons. The maximum absolute atomic E-state index is 11.7. The van der Waals surface area contributed by atoms with Crippen molar-refractivity contribution in [2.24, 2.45) is 0 Å². The number of nitrogens with one attached hydrogen (secondary N) is 1. The summed E-state index contributed by atoms with van der Waals surface area (Å²) in [4.78, 5) is 26.3. The molecule has 0 radical (unpaired) electrons. The summed E-state index contributed by atoms with van der Waals surface area (Å²) in [5, 5.41) is 11.2. The van der Waals surface area contributed by atoms with Crippen LogP contribution in [0.3, 0.4) is 0 Å². The summed E-state index contributed by atoms with van der Waals surface area (Å²) >= 11 is 3.17. The Morgan fingerprint density at radius 3 is 2.82 bits per heavy atom. The standard InChI is InChI=1S/C10H11BrN2O4/c1-17-5-8(10(15)16)13-9(14)6-2-7(11)4-12-3-6/h2-4,8H,5H2,1H3,(H,13,14)(H,15,16). The van der Waals surface area contributed by atoms with Crippen LogP contribution in [-0.4, -0.2) is 41.7 Å². The van der Waals surface area contributed by atoms with Crippen molar-refractivity contribution in [2.45, 2.75) is 6.04 Å². The molecule has 0 saturated heterocycles. The van der Waals surface area contributed by atoms with Crippen LogP contribution in [0.15, 0.2) is 22.9 Å². The second-order valence-electron chi connectivity index (χ2n) is 3.21. The second kappa shape index (κ2) is 6.31. The van der Waals surface area contributed by atoms with E-state index in [1.807, 2.05) is 0 Å². The molecule has 0 aliphatic carbocycles. The highest BCUT2D eigenvalue weighted by molar-refractivity contribution is 9.10. The lowest BCUT2D eigenvalue weighted by Crippen LogP contribution is -2.43. The zero-order chi connectivity index (χ0) is 12.8. The van der Waals surface area contributed by atoms with Crippen molar-refractivity contribution >= 4 is 27.8 Å². The van der Waals surface area contributed by atoms with Crippen molar-refractivity contribution in [2.75, 3.05) is 13.7 Å². The summed E-state index contributed by atoms with van der Waals surface area (Å²) in [5.41, 5.74) is 0.279. The minimum Gasteiger partial charge on any atom is -0.480 e. The van der Waals surface area contributed by atoms with E-state index in [0.717, 1.165) is 0 Å². The van der Waals surface area contributed by atoms with Crippen molar-refractivity contribution in [3.05, 3.63) is 28.5 Å². The smallest absolute Gasteiger partial charge is 0.328 e. The first kappa shape index (κ1) is 13.6. The van der Waals surface area contributed by atoms with Gasteiger partial charge in [0.2, 0.25) is 0 Å². The maximum atomic E-state index is 11.7. The molecule has 0 saturated carbocycles. The first-order valence-electron chi connectivity index (χ1n) is 4.67. The molecule has 0 fully saturated rings. The molecule has 2 N–H and O–H groups in total. The highest BCUT2D eigenvalue weighted by Crippen LogP contribution is 2.09. The lowest BCUT2D eigenvalue weighted by atomic mass is 10.2. The van der Waals surface area contributed by atoms with Crippen molar-refractivity contribution in [3.8, 4) is 0 Å². The lowest BCUT2D eigenvalue weighted by Gasteiger charge is -2.13. The summed E-state index contributed by atoms with van der Waals surface area (Å²) in [6.07, 6.45) is 2.88. The van der Waals surface area contributed by atoms with Crippen molar-refractivity contribution in [1.29, 1.82) is 0 Å². The van der Waals surface area contributed by atoms with Gasteiger partial charge in [0.25, 0.3) is 5.91 Å². The highest BCUT2D eigenvalue weighted by atomic mass is 79.9. The summed E-state index contributed by atoms with van der Waals surface area (Å²) in [5.74, 6) is -1.66. The average molecular weight is 303 g/mol. The summed E-state index contributed by atoms with van der Waals surface area (Å²) in [7, 11) is 1.36. The number of hydrogen-bond acceptors (Lipinski definition) is 4. The van der Waals surface area contributed by atoms with E-state index in [1.165, 1.54) is 19.5 Å². The third kappa shape index (κ3) is 4.12. The molecule has 1 heterocycles. The summed E-state index contributed by atoms with van der Waals surface area (Å²) < 4.78 is 5.35. The van der Waals surface area contributed by atoms with Crippen LogP contribution in [0, 0.1) is 0 Å². The number of nitrogens with zero attached hydrogens (tertiary/aromatic N) is 1. The summed E-state index contributed by atoms with van der Waals surface area (Å²) in [6, 6.07) is 0.472. The monoisotopic (exact) mass is 302 g/mol. The number of halogens is 1. The molecule has 1 atom stereocenters. The number of carboxylic acid groups (broad SMARTS) is 1. The molecule has 0 aliphatic heterocycles. The van der Waals surface area contributed by atoms with E-state index in [1.54, 1.807) is 6.07 Å². The van der Waals surface area contributed by atoms with Gasteiger partial charge in [-0.05, 0) is 22.0 Å². The second-order valence-corrected chi connectivity index (χ2v) is 4.13. The number of carboxylic acids is 1. The van der Waals surface area contributed by atoms with Gasteiger partial charge in [-0.25, -0.2) is 4.79 Å². The number of carbonyl (C=O) groups is 2. The molecule has 0 aliphatic rings. The molecule has 0 aromatic carbocycles. The number of aliphatic carboxylic acids is 1. The lowest BCUT2D eigenvalue weighted by molar-refractivity contribution is -0.140. The van der Waals surface area contributed by atoms with E-state index in [9.17, 15) is 9.59 Å². The molecule has 17 heavy (non-hydrogen) atoms. The Morgan fingerprint density at radius 1 is 1.59 bits per heavy atom. The molecule has 1 aromatic rings. The quantitative estimate of drug-likeness (QED) is 0.835. The van der Waals surface area contributed by atoms with E-state index in [2.05, 4.69) is 26.2 Å². The fraction of sp³-hybridized carbons (Fsp3) is 0.300. The number of aromatic nitrogens is 1. The Labute approximate surface area is 106 Å². The van der Waals surface area contributed by atoms with Gasteiger partial charge >= 0.3 is 5.97 Å². The molecule has 6 nitrogen and oxygen atoms in total. The van der Waals surface area contributed by atoms with E-state index in [4.69, 9.17) is 9.84 Å². The van der Waals surface area contributed by atoms with Gasteiger partial charge in [0.15, 0.2) is 6.04 Å². The van der Waals surface area contributed by atoms with Gasteiger partial charge in [-0.2, -0.15) is 0 Å². The Balaban J connectivity index is 2.73. The molecule has 1 rings (SSSR count). The third-order valence-corrected chi connectivity index (χ3v) is 2.34. The van der Waals surface area contributed by atoms with E-state index >= 15 is 0 Å². The van der Waals surface area contributed by atoms with Crippen LogP contribution in [0.25, 0.3) is 0 Å². The topological polar surface area (TPSA) is 88.5 Å². The molecule has 1 aromatic heterocycles. The van der Waals surface area contributed by atoms with Crippen LogP contribution in [0.2, 0.25) is 0 Å². The molecule has 1 unspecified atom stereocenters. The van der Waals surface area contributed by atoms with Crippen molar-refractivity contribution < 1.29 is 19.4 Å². The van der Waals surface area contributed by atoms with Gasteiger partial charge in [-0.15, -0.1) is 0 Å². The number of ether oxygens (including phenoxy) is 1. The van der Waals surface area contributed by atoms with Crippen LogP contribution in [-0.2, 0) is 9.53 Å². The number of hydrogen-bond donors (Lipinski definition) is 2. The van der Waals surface area contributed by atoms with Gasteiger partial charge in [-0.3, -0.25) is 9.78 Å². The van der Waals surface area contributed by atoms with Crippen LogP contribution in [0.4, 0.5) is 0 Å². The minimum absolute atomic E-state index is 0.0947. The predicted molar refractivity (Wildman–Crippen MR) is 62.7 cm³/mol. The predicted octanol–water partition coefficient (Wildman–Crippen LogP) is 0.673. The molecule has 0 spiro atoms. The summed E-state index contributed by atoms with van der Waals surface area (Å²) in [6.45, 7) is -0.0947. The van der Waals surface area contributed by atoms with E-state index in [-0.39, 0.29) is 12.2 Å². The van der Waals surface area contributed by atoms with E-state index in [0.29, 0.717) is 4.47 Å². The molecule has 7 heteroatoms. The largest absolute Gasteiger partial charge is 0.480 e. The first-order valence-corrected chi connectivity index (χ1v) is 5.47. The normalized spacial score (nSPS) is 11.9. The fourth-order valence-corrected chi connectivity index (χ4v) is 1.48. The van der Waals surface area contributed by atoms with Crippen LogP contribution in [0.1, 0.15) is 10.4 Å². The number of carbonyl (C=O) groups excluding carboxylic acids is 1. The molecule has 0 bridgehead atoms. The molecule has 1 amide bonds. The third-order valence-electron chi connectivity index (χ3n) is 1.90. The first-order chi connectivity index (χ1) is 8.04. The van der Waals surface area contributed by atoms with Gasteiger partial charge < -0.3 is 15.2 Å². The Bertz CT molecular complexity index is 425. The Hall–Kier alpha value is -1.47. The zero-order valence-electron chi connectivity index (χ0n) is 9.01. The van der Waals surface area contributed by atoms with Gasteiger partial charge in [0.1, 0.15) is 0 Å². The van der Waals surface area contributed by atoms with Crippen LogP contribution < -0.4 is 5.32 Å². The Kier molecular flexibility index (Phi) is 5.05. The Morgan fingerprint density at radius 2 is 2.29 bits per heavy atom.